The molecule has 0 fully saturated rings. The van der Waals surface area contributed by atoms with E-state index in [0.717, 1.165) is 55.6 Å². The Morgan fingerprint density at radius 1 is 0.610 bits per heavy atom. The predicted molar refractivity (Wildman–Crippen MR) is 247 cm³/mol. The Labute approximate surface area is 361 Å². The number of nitrogens with zero attached hydrogens (tertiary/aromatic N) is 3. The molecule has 0 N–H and O–H groups in total. The number of imidazole rings is 1. The Morgan fingerprint density at radius 3 is 2.03 bits per heavy atom. The van der Waals surface area contributed by atoms with Gasteiger partial charge in [0.25, 0.3) is 0 Å². The van der Waals surface area contributed by atoms with Crippen LogP contribution in [-0.2, 0) is 20.1 Å². The fraction of sp³-hybridized carbons (Fsp3) is 0.170. The molecule has 7 aromatic carbocycles. The van der Waals surface area contributed by atoms with Gasteiger partial charge in [0.05, 0.1) is 30.5 Å². The summed E-state index contributed by atoms with van der Waals surface area (Å²) in [6.45, 7) is 16.1. The van der Waals surface area contributed by atoms with Gasteiger partial charge >= 0.3 is 0 Å². The SMILES string of the molecule is CC(C)c1cccc(C(C)C)c1-n1c(-c2[c-]cc3oc4cc5ccc6ccccc6c5cc4c3c2)nc2ccccc21.C[Si](C)(C)c1ccc(-c2[c-]cccc2)nc1.[Ir]. The van der Waals surface area contributed by atoms with Gasteiger partial charge in [-0.05, 0) is 79.7 Å². The molecule has 4 nitrogen and oxygen atoms in total. The first-order valence-corrected chi connectivity index (χ1v) is 23.8. The zero-order valence-corrected chi connectivity index (χ0v) is 38.0. The fourth-order valence-electron chi connectivity index (χ4n) is 8.10. The maximum absolute atomic E-state index is 6.38. The summed E-state index contributed by atoms with van der Waals surface area (Å²) in [5.74, 6) is 1.62. The molecule has 0 unspecified atom stereocenters. The Kier molecular flexibility index (Phi) is 11.0. The smallest absolute Gasteiger partial charge is 0.121 e. The number of rotatable bonds is 6. The summed E-state index contributed by atoms with van der Waals surface area (Å²) in [4.78, 5) is 9.74. The van der Waals surface area contributed by atoms with E-state index in [1.54, 1.807) is 0 Å². The van der Waals surface area contributed by atoms with E-state index in [-0.39, 0.29) is 20.1 Å². The Bertz CT molecular complexity index is 3080. The molecule has 0 amide bonds. The number of furan rings is 1. The second-order valence-corrected chi connectivity index (χ2v) is 22.0. The van der Waals surface area contributed by atoms with Crippen molar-refractivity contribution in [3.63, 3.8) is 0 Å². The van der Waals surface area contributed by atoms with E-state index in [1.165, 1.54) is 43.5 Å². The normalized spacial score (nSPS) is 11.8. The molecule has 1 radical (unpaired) electrons. The molecule has 6 heteroatoms. The van der Waals surface area contributed by atoms with E-state index in [0.29, 0.717) is 11.8 Å². The third-order valence-electron chi connectivity index (χ3n) is 11.3. The van der Waals surface area contributed by atoms with Crippen molar-refractivity contribution in [2.24, 2.45) is 0 Å². The summed E-state index contributed by atoms with van der Waals surface area (Å²) in [5, 5.41) is 8.49. The molecular weight excluding hydrogens is 915 g/mol. The van der Waals surface area contributed by atoms with Gasteiger partial charge in [-0.15, -0.1) is 59.7 Å². The zero-order valence-electron chi connectivity index (χ0n) is 34.6. The maximum atomic E-state index is 6.38. The number of aromatic nitrogens is 3. The zero-order chi connectivity index (χ0) is 40.1. The predicted octanol–water partition coefficient (Wildman–Crippen LogP) is 14.0. The van der Waals surface area contributed by atoms with Crippen molar-refractivity contribution in [3.8, 4) is 28.3 Å². The largest absolute Gasteiger partial charge is 0.500 e. The topological polar surface area (TPSA) is 43.9 Å². The van der Waals surface area contributed by atoms with E-state index in [4.69, 9.17) is 9.40 Å². The fourth-order valence-corrected chi connectivity index (χ4v) is 9.14. The molecule has 0 spiro atoms. The number of hydrogen-bond acceptors (Lipinski definition) is 3. The molecule has 0 aliphatic rings. The van der Waals surface area contributed by atoms with Crippen molar-refractivity contribution in [3.05, 3.63) is 169 Å². The van der Waals surface area contributed by atoms with Crippen LogP contribution >= 0.6 is 0 Å². The summed E-state index contributed by atoms with van der Waals surface area (Å²) >= 11 is 0. The van der Waals surface area contributed by atoms with Crippen LogP contribution in [0.2, 0.25) is 19.6 Å². The van der Waals surface area contributed by atoms with Crippen LogP contribution in [0.1, 0.15) is 50.7 Å². The molecule has 0 saturated heterocycles. The van der Waals surface area contributed by atoms with Gasteiger partial charge in [0.2, 0.25) is 0 Å². The van der Waals surface area contributed by atoms with Crippen molar-refractivity contribution in [1.82, 2.24) is 14.5 Å². The van der Waals surface area contributed by atoms with Crippen molar-refractivity contribution >= 4 is 67.8 Å². The molecule has 295 valence electrons. The van der Waals surface area contributed by atoms with Crippen molar-refractivity contribution in [2.45, 2.75) is 59.2 Å². The first-order valence-electron chi connectivity index (χ1n) is 20.3. The number of benzene rings is 7. The van der Waals surface area contributed by atoms with Gasteiger partial charge in [0, 0.05) is 37.4 Å². The molecule has 3 aromatic heterocycles. The van der Waals surface area contributed by atoms with Gasteiger partial charge in [0.1, 0.15) is 5.58 Å². The van der Waals surface area contributed by atoms with E-state index >= 15 is 0 Å². The summed E-state index contributed by atoms with van der Waals surface area (Å²) in [7, 11) is -1.23. The summed E-state index contributed by atoms with van der Waals surface area (Å²) in [6, 6.07) is 55.7. The molecule has 59 heavy (non-hydrogen) atoms. The Hall–Kier alpha value is -5.65. The van der Waals surface area contributed by atoms with Gasteiger partial charge < -0.3 is 14.0 Å². The summed E-state index contributed by atoms with van der Waals surface area (Å²) < 4.78 is 8.74. The quantitative estimate of drug-likeness (QED) is 0.0947. The van der Waals surface area contributed by atoms with Crippen LogP contribution in [0.4, 0.5) is 0 Å². The molecule has 0 saturated carbocycles. The molecule has 3 heterocycles. The summed E-state index contributed by atoms with van der Waals surface area (Å²) in [6.07, 6.45) is 2.02. The average molecular weight is 962 g/mol. The maximum Gasteiger partial charge on any atom is 0.121 e. The van der Waals surface area contributed by atoms with Crippen LogP contribution in [0.15, 0.2) is 150 Å². The second kappa shape index (κ2) is 16.2. The monoisotopic (exact) mass is 962 g/mol. The molecule has 0 bridgehead atoms. The van der Waals surface area contributed by atoms with Gasteiger partial charge in [-0.3, -0.25) is 4.98 Å². The molecular formula is C53H47IrN3OSi-2. The first-order chi connectivity index (χ1) is 28.0. The van der Waals surface area contributed by atoms with Crippen LogP contribution in [0.5, 0.6) is 0 Å². The number of pyridine rings is 1. The minimum absolute atomic E-state index is 0. The number of fused-ring (bicyclic) bond motifs is 7. The van der Waals surface area contributed by atoms with E-state index < -0.39 is 8.07 Å². The Balaban J connectivity index is 0.000000240. The van der Waals surface area contributed by atoms with Crippen LogP contribution in [0, 0.1) is 12.1 Å². The van der Waals surface area contributed by atoms with Gasteiger partial charge in [0.15, 0.2) is 0 Å². The third kappa shape index (κ3) is 7.58. The second-order valence-electron chi connectivity index (χ2n) is 16.9. The van der Waals surface area contributed by atoms with E-state index in [1.807, 2.05) is 36.5 Å². The standard InChI is InChI=1S/C39H31N2O.C14H16NSi.Ir/c1-23(2)28-12-9-13-29(24(3)4)38(28)41-35-15-8-7-14-34(35)40-39(41)27-18-19-36-32(20-27)33-22-31-26(21-37(33)42-36)17-16-25-10-5-6-11-30(25)31;1-16(2,3)13-9-10-14(15-11-13)12-7-5-4-6-8-12;/h5-17,19-24H,1-4H3;4-7,9-11H,1-3H3;/q2*-1;. The van der Waals surface area contributed by atoms with Crippen molar-refractivity contribution in [1.29, 1.82) is 0 Å². The third-order valence-corrected chi connectivity index (χ3v) is 13.3. The average Bonchev–Trinajstić information content (AvgIpc) is 3.80. The van der Waals surface area contributed by atoms with Crippen LogP contribution < -0.4 is 5.19 Å². The van der Waals surface area contributed by atoms with Gasteiger partial charge in [-0.25, -0.2) is 0 Å². The number of para-hydroxylation sites is 3. The van der Waals surface area contributed by atoms with E-state index in [9.17, 15) is 0 Å². The Morgan fingerprint density at radius 2 is 1.32 bits per heavy atom. The van der Waals surface area contributed by atoms with Crippen LogP contribution in [0.25, 0.3) is 82.8 Å². The number of hydrogen-bond donors (Lipinski definition) is 0. The molecule has 0 aliphatic heterocycles. The first kappa shape index (κ1) is 40.1. The minimum atomic E-state index is -1.23. The van der Waals surface area contributed by atoms with Crippen LogP contribution in [-0.4, -0.2) is 22.6 Å². The summed E-state index contributed by atoms with van der Waals surface area (Å²) in [5.41, 5.74) is 10.7. The molecule has 10 rings (SSSR count). The van der Waals surface area contributed by atoms with E-state index in [2.05, 4.69) is 178 Å². The molecule has 0 aliphatic carbocycles. The molecule has 10 aromatic rings. The van der Waals surface area contributed by atoms with Crippen molar-refractivity contribution in [2.75, 3.05) is 0 Å². The van der Waals surface area contributed by atoms with Gasteiger partial charge in [-0.2, -0.15) is 0 Å². The molecule has 0 atom stereocenters. The van der Waals surface area contributed by atoms with Gasteiger partial charge in [-0.1, -0.05) is 132 Å². The van der Waals surface area contributed by atoms with Crippen molar-refractivity contribution < 1.29 is 24.5 Å². The minimum Gasteiger partial charge on any atom is -0.500 e. The van der Waals surface area contributed by atoms with Crippen LogP contribution in [0.3, 0.4) is 0 Å².